The zero-order valence-electron chi connectivity index (χ0n) is 15.8. The van der Waals surface area contributed by atoms with Crippen LogP contribution in [0.25, 0.3) is 0 Å². The Balaban J connectivity index is 1.79. The standard InChI is InChI=1S/C22H31NO2/c1-5-13-22(15-23-22)20(24)25-19-14-16(2)11-12-18(19)21(3,4)17-9-7-6-8-10-17/h5-10,16,18-19,23H,1,11-15H2,2-4H3/t16-,18-,19-,22+/m1/s1. The Kier molecular flexibility index (Phi) is 5.06. The van der Waals surface area contributed by atoms with Crippen LogP contribution in [0.15, 0.2) is 43.0 Å². The molecular weight excluding hydrogens is 310 g/mol. The molecule has 3 heteroatoms. The van der Waals surface area contributed by atoms with Gasteiger partial charge in [0.2, 0.25) is 0 Å². The molecule has 0 radical (unpaired) electrons. The van der Waals surface area contributed by atoms with Crippen molar-refractivity contribution in [3.05, 3.63) is 48.6 Å². The van der Waals surface area contributed by atoms with Gasteiger partial charge in [0.15, 0.2) is 0 Å². The fourth-order valence-corrected chi connectivity index (χ4v) is 4.34. The fourth-order valence-electron chi connectivity index (χ4n) is 4.34. The van der Waals surface area contributed by atoms with Crippen molar-refractivity contribution in [2.24, 2.45) is 11.8 Å². The molecule has 0 spiro atoms. The minimum atomic E-state index is -0.510. The summed E-state index contributed by atoms with van der Waals surface area (Å²) in [6.07, 6.45) is 5.68. The predicted octanol–water partition coefficient (Wildman–Crippen LogP) is 4.23. The summed E-state index contributed by atoms with van der Waals surface area (Å²) in [4.78, 5) is 12.8. The van der Waals surface area contributed by atoms with E-state index in [1.165, 1.54) is 12.0 Å². The number of carbonyl (C=O) groups is 1. The molecule has 1 saturated heterocycles. The van der Waals surface area contributed by atoms with Crippen LogP contribution in [0.1, 0.15) is 52.0 Å². The second-order valence-corrected chi connectivity index (χ2v) is 8.48. The van der Waals surface area contributed by atoms with Crippen LogP contribution < -0.4 is 5.32 Å². The maximum Gasteiger partial charge on any atom is 0.328 e. The van der Waals surface area contributed by atoms with Gasteiger partial charge in [0.25, 0.3) is 0 Å². The summed E-state index contributed by atoms with van der Waals surface area (Å²) >= 11 is 0. The van der Waals surface area contributed by atoms with Gasteiger partial charge in [0.1, 0.15) is 11.6 Å². The molecule has 0 amide bonds. The van der Waals surface area contributed by atoms with Crippen LogP contribution >= 0.6 is 0 Å². The minimum absolute atomic E-state index is 0.0180. The summed E-state index contributed by atoms with van der Waals surface area (Å²) < 4.78 is 6.11. The molecule has 25 heavy (non-hydrogen) atoms. The molecule has 0 aromatic heterocycles. The highest BCUT2D eigenvalue weighted by Crippen LogP contribution is 2.44. The van der Waals surface area contributed by atoms with Gasteiger partial charge in [-0.1, -0.05) is 63.6 Å². The number of esters is 1. The van der Waals surface area contributed by atoms with Gasteiger partial charge in [-0.2, -0.15) is 0 Å². The number of carbonyl (C=O) groups excluding carboxylic acids is 1. The third kappa shape index (κ3) is 3.67. The van der Waals surface area contributed by atoms with E-state index >= 15 is 0 Å². The lowest BCUT2D eigenvalue weighted by Gasteiger charge is -2.44. The van der Waals surface area contributed by atoms with E-state index in [2.05, 4.69) is 63.0 Å². The van der Waals surface area contributed by atoms with E-state index in [0.29, 0.717) is 24.8 Å². The molecule has 0 bridgehead atoms. The predicted molar refractivity (Wildman–Crippen MR) is 101 cm³/mol. The van der Waals surface area contributed by atoms with Crippen LogP contribution in [-0.4, -0.2) is 24.2 Å². The lowest BCUT2D eigenvalue weighted by atomic mass is 9.64. The van der Waals surface area contributed by atoms with Crippen LogP contribution in [-0.2, 0) is 14.9 Å². The van der Waals surface area contributed by atoms with E-state index in [0.717, 1.165) is 12.8 Å². The maximum atomic E-state index is 12.8. The van der Waals surface area contributed by atoms with E-state index in [9.17, 15) is 4.79 Å². The van der Waals surface area contributed by atoms with Crippen molar-refractivity contribution in [2.45, 2.75) is 63.5 Å². The van der Waals surface area contributed by atoms with E-state index < -0.39 is 5.54 Å². The Labute approximate surface area is 151 Å². The second-order valence-electron chi connectivity index (χ2n) is 8.48. The van der Waals surface area contributed by atoms with Gasteiger partial charge in [-0.3, -0.25) is 5.32 Å². The maximum absolute atomic E-state index is 12.8. The molecule has 136 valence electrons. The molecule has 2 aliphatic rings. The van der Waals surface area contributed by atoms with Crippen LogP contribution in [0.3, 0.4) is 0 Å². The van der Waals surface area contributed by atoms with Crippen LogP contribution in [0.4, 0.5) is 0 Å². The summed E-state index contributed by atoms with van der Waals surface area (Å²) in [5.74, 6) is 0.845. The highest BCUT2D eigenvalue weighted by molar-refractivity contribution is 5.85. The van der Waals surface area contributed by atoms with Gasteiger partial charge in [-0.05, 0) is 36.2 Å². The van der Waals surface area contributed by atoms with E-state index in [1.54, 1.807) is 6.08 Å². The van der Waals surface area contributed by atoms with Crippen molar-refractivity contribution < 1.29 is 9.53 Å². The summed E-state index contributed by atoms with van der Waals surface area (Å²) in [6.45, 7) is 11.3. The largest absolute Gasteiger partial charge is 0.461 e. The van der Waals surface area contributed by atoms with Gasteiger partial charge in [-0.15, -0.1) is 6.58 Å². The first-order valence-electron chi connectivity index (χ1n) is 9.51. The Bertz CT molecular complexity index is 618. The molecule has 1 saturated carbocycles. The summed E-state index contributed by atoms with van der Waals surface area (Å²) in [5.41, 5.74) is 0.791. The van der Waals surface area contributed by atoms with E-state index in [4.69, 9.17) is 4.74 Å². The Morgan fingerprint density at radius 1 is 1.36 bits per heavy atom. The highest BCUT2D eigenvalue weighted by atomic mass is 16.5. The number of benzene rings is 1. The SMILES string of the molecule is C=CC[C@@]1(C(=O)O[C@@H]2C[C@H](C)CC[C@H]2C(C)(C)c2ccccc2)CN1. The van der Waals surface area contributed by atoms with E-state index in [1.807, 2.05) is 0 Å². The van der Waals surface area contributed by atoms with Crippen molar-refractivity contribution in [3.8, 4) is 0 Å². The fraction of sp³-hybridized carbons (Fsp3) is 0.591. The van der Waals surface area contributed by atoms with Crippen molar-refractivity contribution in [1.29, 1.82) is 0 Å². The normalized spacial score (nSPS) is 32.0. The summed E-state index contributed by atoms with van der Waals surface area (Å²) in [6, 6.07) is 10.6. The molecule has 2 fully saturated rings. The molecule has 0 unspecified atom stereocenters. The van der Waals surface area contributed by atoms with Crippen molar-refractivity contribution in [1.82, 2.24) is 5.32 Å². The lowest BCUT2D eigenvalue weighted by Crippen LogP contribution is -2.45. The number of ether oxygens (including phenoxy) is 1. The molecule has 3 nitrogen and oxygen atoms in total. The molecule has 1 N–H and O–H groups in total. The molecule has 1 aromatic rings. The van der Waals surface area contributed by atoms with Crippen LogP contribution in [0.2, 0.25) is 0 Å². The molecule has 1 aromatic carbocycles. The lowest BCUT2D eigenvalue weighted by molar-refractivity contribution is -0.159. The van der Waals surface area contributed by atoms with Crippen molar-refractivity contribution >= 4 is 5.97 Å². The second kappa shape index (κ2) is 6.95. The average molecular weight is 341 g/mol. The zero-order valence-corrected chi connectivity index (χ0v) is 15.8. The topological polar surface area (TPSA) is 48.2 Å². The molecule has 1 heterocycles. The summed E-state index contributed by atoms with van der Waals surface area (Å²) in [7, 11) is 0. The highest BCUT2D eigenvalue weighted by Gasteiger charge is 2.52. The first-order chi connectivity index (χ1) is 11.9. The Morgan fingerprint density at radius 3 is 2.64 bits per heavy atom. The Hall–Kier alpha value is -1.61. The summed E-state index contributed by atoms with van der Waals surface area (Å²) in [5, 5.41) is 3.19. The third-order valence-electron chi connectivity index (χ3n) is 6.24. The first-order valence-corrected chi connectivity index (χ1v) is 9.51. The van der Waals surface area contributed by atoms with Crippen molar-refractivity contribution in [3.63, 3.8) is 0 Å². The van der Waals surface area contributed by atoms with Gasteiger partial charge in [0, 0.05) is 12.5 Å². The number of hydrogen-bond donors (Lipinski definition) is 1. The zero-order chi connectivity index (χ0) is 18.1. The molecule has 1 aliphatic heterocycles. The monoisotopic (exact) mass is 341 g/mol. The van der Waals surface area contributed by atoms with Gasteiger partial charge in [-0.25, -0.2) is 4.79 Å². The smallest absolute Gasteiger partial charge is 0.328 e. The van der Waals surface area contributed by atoms with Crippen molar-refractivity contribution in [2.75, 3.05) is 6.54 Å². The minimum Gasteiger partial charge on any atom is -0.461 e. The molecule has 3 rings (SSSR count). The van der Waals surface area contributed by atoms with Gasteiger partial charge < -0.3 is 4.74 Å². The third-order valence-corrected chi connectivity index (χ3v) is 6.24. The average Bonchev–Trinajstić information content (AvgIpc) is 3.37. The number of nitrogens with one attached hydrogen (secondary N) is 1. The first kappa shape index (κ1) is 18.2. The Morgan fingerprint density at radius 2 is 2.04 bits per heavy atom. The van der Waals surface area contributed by atoms with E-state index in [-0.39, 0.29) is 17.5 Å². The van der Waals surface area contributed by atoms with Crippen LogP contribution in [0.5, 0.6) is 0 Å². The molecule has 1 aliphatic carbocycles. The molecular formula is C22H31NO2. The van der Waals surface area contributed by atoms with Crippen LogP contribution in [0, 0.1) is 11.8 Å². The quantitative estimate of drug-likeness (QED) is 0.478. The van der Waals surface area contributed by atoms with Gasteiger partial charge in [0.05, 0.1) is 0 Å². The van der Waals surface area contributed by atoms with Gasteiger partial charge >= 0.3 is 5.97 Å². The number of hydrogen-bond acceptors (Lipinski definition) is 3. The molecule has 4 atom stereocenters. The number of rotatable bonds is 6.